The molecule has 5 atom stereocenters. The number of nitrogens with one attached hydrogen (secondary N) is 3. The lowest BCUT2D eigenvalue weighted by Gasteiger charge is -2.32. The minimum atomic E-state index is -4.67. The topological polar surface area (TPSA) is 162 Å². The lowest BCUT2D eigenvalue weighted by atomic mass is 10.0. The molecule has 0 saturated carbocycles. The Bertz CT molecular complexity index is 1860. The average molecular weight is 856 g/mol. The third kappa shape index (κ3) is 16.2. The van der Waals surface area contributed by atoms with E-state index >= 15 is 0 Å². The molecule has 2 fully saturated rings. The van der Waals surface area contributed by atoms with Crippen molar-refractivity contribution >= 4 is 18.0 Å². The number of hydrogen-bond acceptors (Lipinski definition) is 11. The molecular weight excluding hydrogens is 796 g/mol. The smallest absolute Gasteiger partial charge is 0.408 e. The van der Waals surface area contributed by atoms with Crippen LogP contribution in [0.25, 0.3) is 0 Å². The van der Waals surface area contributed by atoms with Gasteiger partial charge in [0.25, 0.3) is 0 Å². The van der Waals surface area contributed by atoms with Gasteiger partial charge >= 0.3 is 18.2 Å². The zero-order chi connectivity index (χ0) is 44.0. The number of nitrogens with zero attached hydrogens (tertiary/aromatic N) is 2. The fraction of sp³-hybridized carbons (Fsp3) is 0.533. The molecule has 16 heteroatoms. The Morgan fingerprint density at radius 2 is 1.48 bits per heavy atom. The van der Waals surface area contributed by atoms with E-state index in [0.717, 1.165) is 49.9 Å². The number of ether oxygens (including phenoxy) is 3. The Hall–Kier alpha value is -4.74. The lowest BCUT2D eigenvalue weighted by molar-refractivity contribution is -0.154. The second kappa shape index (κ2) is 22.4. The van der Waals surface area contributed by atoms with E-state index in [4.69, 9.17) is 14.2 Å². The van der Waals surface area contributed by atoms with Crippen molar-refractivity contribution in [1.29, 1.82) is 0 Å². The summed E-state index contributed by atoms with van der Waals surface area (Å²) in [5.74, 6) is -0.650. The first-order valence-corrected chi connectivity index (χ1v) is 21.0. The first-order chi connectivity index (χ1) is 29.0. The van der Waals surface area contributed by atoms with Gasteiger partial charge in [-0.2, -0.15) is 13.2 Å². The van der Waals surface area contributed by atoms with Crippen molar-refractivity contribution in [3.8, 4) is 11.5 Å². The number of aliphatic hydroxyl groups is 2. The summed E-state index contributed by atoms with van der Waals surface area (Å²) >= 11 is 0. The summed E-state index contributed by atoms with van der Waals surface area (Å²) in [6.07, 6.45) is -2.94. The predicted octanol–water partition coefficient (Wildman–Crippen LogP) is 5.81. The number of benzene rings is 3. The second-order valence-corrected chi connectivity index (χ2v) is 16.7. The molecule has 13 nitrogen and oxygen atoms in total. The number of aliphatic hydroxyl groups excluding tert-OH is 2. The Balaban J connectivity index is 1.29. The van der Waals surface area contributed by atoms with Crippen LogP contribution in [0.3, 0.4) is 0 Å². The maximum absolute atomic E-state index is 13.5. The molecule has 3 aromatic carbocycles. The summed E-state index contributed by atoms with van der Waals surface area (Å²) < 4.78 is 57.1. The number of hydrogen-bond donors (Lipinski definition) is 5. The van der Waals surface area contributed by atoms with Crippen LogP contribution in [0, 0.1) is 0 Å². The van der Waals surface area contributed by atoms with Crippen LogP contribution in [0.1, 0.15) is 76.0 Å². The molecule has 2 unspecified atom stereocenters. The van der Waals surface area contributed by atoms with Gasteiger partial charge in [-0.3, -0.25) is 19.8 Å². The van der Waals surface area contributed by atoms with Gasteiger partial charge in [-0.05, 0) is 120 Å². The molecule has 2 aliphatic rings. The van der Waals surface area contributed by atoms with Crippen LogP contribution in [0.4, 0.5) is 18.0 Å². The van der Waals surface area contributed by atoms with Crippen LogP contribution < -0.4 is 20.7 Å². The van der Waals surface area contributed by atoms with E-state index in [1.165, 1.54) is 0 Å². The van der Waals surface area contributed by atoms with Crippen molar-refractivity contribution in [3.63, 3.8) is 0 Å². The van der Waals surface area contributed by atoms with Gasteiger partial charge in [0.05, 0.1) is 12.1 Å². The highest BCUT2D eigenvalue weighted by Crippen LogP contribution is 2.27. The zero-order valence-electron chi connectivity index (χ0n) is 35.2. The van der Waals surface area contributed by atoms with Gasteiger partial charge in [0.1, 0.15) is 48.7 Å². The monoisotopic (exact) mass is 855 g/mol. The number of carbonyl (C=O) groups is 3. The zero-order valence-corrected chi connectivity index (χ0v) is 35.2. The van der Waals surface area contributed by atoms with Gasteiger partial charge in [-0.15, -0.1) is 0 Å². The first-order valence-electron chi connectivity index (χ1n) is 21.0. The highest BCUT2D eigenvalue weighted by atomic mass is 19.4. The summed E-state index contributed by atoms with van der Waals surface area (Å²) in [6, 6.07) is 20.1. The summed E-state index contributed by atoms with van der Waals surface area (Å²) in [5, 5.41) is 29.6. The highest BCUT2D eigenvalue weighted by Gasteiger charge is 2.36. The lowest BCUT2D eigenvalue weighted by Crippen LogP contribution is -2.58. The van der Waals surface area contributed by atoms with Crippen LogP contribution in [-0.4, -0.2) is 113 Å². The Morgan fingerprint density at radius 3 is 2.08 bits per heavy atom. The summed E-state index contributed by atoms with van der Waals surface area (Å²) in [7, 11) is 0. The molecule has 2 aliphatic heterocycles. The maximum Gasteiger partial charge on any atom is 0.408 e. The van der Waals surface area contributed by atoms with Crippen LogP contribution in [0.15, 0.2) is 78.9 Å². The fourth-order valence-electron chi connectivity index (χ4n) is 7.50. The van der Waals surface area contributed by atoms with E-state index in [1.807, 2.05) is 41.7 Å². The molecule has 5 N–H and O–H groups in total. The quantitative estimate of drug-likeness (QED) is 0.0731. The molecule has 0 spiro atoms. The van der Waals surface area contributed by atoms with Crippen molar-refractivity contribution in [2.45, 2.75) is 121 Å². The van der Waals surface area contributed by atoms with Gasteiger partial charge in [0.15, 0.2) is 0 Å². The Kier molecular flexibility index (Phi) is 17.4. The van der Waals surface area contributed by atoms with Crippen molar-refractivity contribution in [2.24, 2.45) is 0 Å². The van der Waals surface area contributed by atoms with Crippen molar-refractivity contribution < 1.29 is 52.0 Å². The van der Waals surface area contributed by atoms with Gasteiger partial charge in [0, 0.05) is 13.1 Å². The van der Waals surface area contributed by atoms with E-state index in [-0.39, 0.29) is 25.9 Å². The normalized spacial score (nSPS) is 18.4. The number of esters is 1. The van der Waals surface area contributed by atoms with E-state index < -0.39 is 66.9 Å². The van der Waals surface area contributed by atoms with Gasteiger partial charge in [-0.25, -0.2) is 4.79 Å². The molecule has 2 heterocycles. The van der Waals surface area contributed by atoms with Gasteiger partial charge in [0.2, 0.25) is 5.91 Å². The standard InChI is InChI=1S/C45H60F3N5O8/c1-44(2,3)61-43(58)51-36(20-24-52-21-8-5-9-22-52)41(56)50-37(40(55)49-30-45(46,47)48)27-32-15-10-17-34(25-32)60-35-18-11-16-33(26-35)28-38(53-23-12-19-39(53)54)42(57)59-29-31-13-6-4-7-14-31/h4,6-7,10-11,13-18,25-26,36-39,41,50,54,56H,5,8-9,12,19-24,27-30H2,1-3H3,(H,49,55)(H,51,58)/t36-,37-,38-,39?,41?/m0/s1. The van der Waals surface area contributed by atoms with Crippen LogP contribution >= 0.6 is 0 Å². The highest BCUT2D eigenvalue weighted by molar-refractivity contribution is 5.82. The third-order valence-corrected chi connectivity index (χ3v) is 10.5. The molecule has 0 radical (unpaired) electrons. The summed E-state index contributed by atoms with van der Waals surface area (Å²) in [5.41, 5.74) is 1.28. The average Bonchev–Trinajstić information content (AvgIpc) is 3.64. The predicted molar refractivity (Wildman–Crippen MR) is 222 cm³/mol. The SMILES string of the molecule is CC(C)(C)OC(=O)N[C@@H](CCN1CCCCC1)C(O)N[C@@H](Cc1cccc(Oc2cccc(C[C@@H](C(=O)OCc3ccccc3)N3CCCC3O)c2)c1)C(=O)NCC(F)(F)F. The number of alkyl carbamates (subject to hydrolysis) is 1. The van der Waals surface area contributed by atoms with Gasteiger partial charge < -0.3 is 40.0 Å². The largest absolute Gasteiger partial charge is 0.460 e. The summed E-state index contributed by atoms with van der Waals surface area (Å²) in [4.78, 5) is 43.6. The molecule has 0 aromatic heterocycles. The first kappa shape index (κ1) is 47.3. The number of amides is 2. The fourth-order valence-corrected chi connectivity index (χ4v) is 7.50. The number of halogens is 3. The van der Waals surface area contributed by atoms with E-state index in [0.29, 0.717) is 36.6 Å². The number of rotatable bonds is 19. The molecule has 2 amide bonds. The van der Waals surface area contributed by atoms with Crippen molar-refractivity contribution in [2.75, 3.05) is 32.7 Å². The molecule has 3 aromatic rings. The minimum absolute atomic E-state index is 0.0984. The number of likely N-dealkylation sites (tertiary alicyclic amines) is 2. The molecule has 0 aliphatic carbocycles. The third-order valence-electron chi connectivity index (χ3n) is 10.5. The van der Waals surface area contributed by atoms with Gasteiger partial charge in [-0.1, -0.05) is 61.0 Å². The minimum Gasteiger partial charge on any atom is -0.460 e. The van der Waals surface area contributed by atoms with Crippen LogP contribution in [0.2, 0.25) is 0 Å². The van der Waals surface area contributed by atoms with E-state index in [9.17, 15) is 37.8 Å². The van der Waals surface area contributed by atoms with Crippen LogP contribution in [-0.2, 0) is 38.5 Å². The molecule has 334 valence electrons. The van der Waals surface area contributed by atoms with E-state index in [2.05, 4.69) is 15.5 Å². The molecular formula is C45H60F3N5O8. The maximum atomic E-state index is 13.5. The van der Waals surface area contributed by atoms with Crippen molar-refractivity contribution in [3.05, 3.63) is 95.6 Å². The van der Waals surface area contributed by atoms with E-state index in [1.54, 1.807) is 68.1 Å². The van der Waals surface area contributed by atoms with Crippen LogP contribution in [0.5, 0.6) is 11.5 Å². The molecule has 61 heavy (non-hydrogen) atoms. The Morgan fingerprint density at radius 1 is 0.836 bits per heavy atom. The molecule has 0 bridgehead atoms. The second-order valence-electron chi connectivity index (χ2n) is 16.7. The summed E-state index contributed by atoms with van der Waals surface area (Å²) in [6.45, 7) is 6.41. The number of piperidine rings is 1. The Labute approximate surface area is 355 Å². The number of carbonyl (C=O) groups excluding carboxylic acids is 3. The number of alkyl halides is 3. The molecule has 5 rings (SSSR count). The molecule has 2 saturated heterocycles. The van der Waals surface area contributed by atoms with Crippen molar-refractivity contribution in [1.82, 2.24) is 25.8 Å².